The summed E-state index contributed by atoms with van der Waals surface area (Å²) in [4.78, 5) is 12.6. The molecule has 0 aromatic heterocycles. The lowest BCUT2D eigenvalue weighted by Crippen LogP contribution is -2.42. The molecule has 1 atom stereocenters. The molecule has 1 unspecified atom stereocenters. The van der Waals surface area contributed by atoms with E-state index in [4.69, 9.17) is 9.47 Å². The van der Waals surface area contributed by atoms with Gasteiger partial charge in [-0.25, -0.2) is 4.79 Å². The zero-order chi connectivity index (χ0) is 12.0. The van der Waals surface area contributed by atoms with Crippen molar-refractivity contribution in [1.82, 2.24) is 0 Å². The minimum absolute atomic E-state index is 0.187. The number of phenols is 1. The number of ether oxygens (including phenoxy) is 2. The van der Waals surface area contributed by atoms with Gasteiger partial charge in [0.1, 0.15) is 11.5 Å². The Hall–Kier alpha value is -1.36. The van der Waals surface area contributed by atoms with Gasteiger partial charge in [-0.3, -0.25) is 0 Å². The number of carbonyl (C=O) groups is 1. The van der Waals surface area contributed by atoms with Gasteiger partial charge in [0.2, 0.25) is 6.10 Å². The Morgan fingerprint density at radius 1 is 1.59 bits per heavy atom. The predicted molar refractivity (Wildman–Crippen MR) is 62.4 cm³/mol. The molecular formula is C12H12O4S. The van der Waals surface area contributed by atoms with Gasteiger partial charge < -0.3 is 14.6 Å². The number of hydrogen-bond donors (Lipinski definition) is 1. The van der Waals surface area contributed by atoms with Crippen LogP contribution in [0.1, 0.15) is 12.8 Å². The third-order valence-corrected chi connectivity index (χ3v) is 4.69. The molecule has 1 N–H and O–H groups in total. The summed E-state index contributed by atoms with van der Waals surface area (Å²) in [7, 11) is 1.37. The Labute approximate surface area is 103 Å². The Morgan fingerprint density at radius 3 is 3.00 bits per heavy atom. The molecule has 90 valence electrons. The lowest BCUT2D eigenvalue weighted by atomic mass is 10.2. The zero-order valence-electron chi connectivity index (χ0n) is 9.30. The van der Waals surface area contributed by atoms with Crippen LogP contribution >= 0.6 is 11.8 Å². The van der Waals surface area contributed by atoms with Crippen LogP contribution in [0, 0.1) is 0 Å². The average Bonchev–Trinajstić information content (AvgIpc) is 3.07. The van der Waals surface area contributed by atoms with Crippen molar-refractivity contribution in [1.29, 1.82) is 0 Å². The molecule has 17 heavy (non-hydrogen) atoms. The van der Waals surface area contributed by atoms with E-state index in [0.29, 0.717) is 5.75 Å². The molecule has 1 aromatic rings. The number of benzene rings is 1. The maximum Gasteiger partial charge on any atom is 0.348 e. The van der Waals surface area contributed by atoms with Crippen LogP contribution in [0.4, 0.5) is 0 Å². The van der Waals surface area contributed by atoms with E-state index in [0.717, 1.165) is 17.7 Å². The Kier molecular flexibility index (Phi) is 2.26. The van der Waals surface area contributed by atoms with Gasteiger partial charge in [-0.15, -0.1) is 11.8 Å². The molecule has 1 heterocycles. The maximum absolute atomic E-state index is 11.7. The number of fused-ring (bicyclic) bond motifs is 1. The van der Waals surface area contributed by atoms with Crippen molar-refractivity contribution >= 4 is 17.7 Å². The van der Waals surface area contributed by atoms with Gasteiger partial charge in [0.25, 0.3) is 0 Å². The van der Waals surface area contributed by atoms with Gasteiger partial charge >= 0.3 is 5.97 Å². The molecule has 1 spiro atoms. The first-order valence-corrected chi connectivity index (χ1v) is 6.23. The van der Waals surface area contributed by atoms with E-state index in [2.05, 4.69) is 0 Å². The molecule has 0 bridgehead atoms. The molecule has 1 saturated carbocycles. The third-order valence-electron chi connectivity index (χ3n) is 3.12. The van der Waals surface area contributed by atoms with E-state index in [1.807, 2.05) is 0 Å². The molecule has 5 heteroatoms. The van der Waals surface area contributed by atoms with E-state index in [1.165, 1.54) is 7.11 Å². The van der Waals surface area contributed by atoms with Crippen molar-refractivity contribution in [3.05, 3.63) is 18.2 Å². The van der Waals surface area contributed by atoms with Crippen molar-refractivity contribution in [2.75, 3.05) is 7.11 Å². The minimum atomic E-state index is -0.533. The lowest BCUT2D eigenvalue weighted by Gasteiger charge is -2.31. The van der Waals surface area contributed by atoms with Gasteiger partial charge in [0, 0.05) is 0 Å². The number of aromatic hydroxyl groups is 1. The van der Waals surface area contributed by atoms with E-state index in [1.54, 1.807) is 30.0 Å². The quantitative estimate of drug-likeness (QED) is 0.774. The highest BCUT2D eigenvalue weighted by Crippen LogP contribution is 2.60. The summed E-state index contributed by atoms with van der Waals surface area (Å²) >= 11 is 1.61. The monoisotopic (exact) mass is 252 g/mol. The number of carbonyl (C=O) groups excluding carboxylic acids is 1. The maximum atomic E-state index is 11.7. The van der Waals surface area contributed by atoms with E-state index in [9.17, 15) is 9.90 Å². The first-order chi connectivity index (χ1) is 8.14. The van der Waals surface area contributed by atoms with Crippen LogP contribution in [0.15, 0.2) is 23.1 Å². The third kappa shape index (κ3) is 1.65. The number of hydrogen-bond acceptors (Lipinski definition) is 5. The molecule has 1 aliphatic carbocycles. The Morgan fingerprint density at radius 2 is 2.35 bits per heavy atom. The normalized spacial score (nSPS) is 23.7. The van der Waals surface area contributed by atoms with Crippen molar-refractivity contribution in [2.24, 2.45) is 0 Å². The second kappa shape index (κ2) is 3.57. The summed E-state index contributed by atoms with van der Waals surface area (Å²) < 4.78 is 10.3. The van der Waals surface area contributed by atoms with Crippen LogP contribution in [0.2, 0.25) is 0 Å². The SMILES string of the molecule is COC(=O)C1Oc2ccc(O)cc2SC12CC2. The highest BCUT2D eigenvalue weighted by Gasteiger charge is 2.58. The van der Waals surface area contributed by atoms with Crippen LogP contribution in [0.25, 0.3) is 0 Å². The summed E-state index contributed by atoms with van der Waals surface area (Å²) in [6.45, 7) is 0. The number of methoxy groups -OCH3 is 1. The summed E-state index contributed by atoms with van der Waals surface area (Å²) in [5, 5.41) is 9.44. The Bertz CT molecular complexity index is 481. The fraction of sp³-hybridized carbons (Fsp3) is 0.417. The van der Waals surface area contributed by atoms with Crippen molar-refractivity contribution in [3.8, 4) is 11.5 Å². The van der Waals surface area contributed by atoms with Crippen LogP contribution in [-0.2, 0) is 9.53 Å². The smallest absolute Gasteiger partial charge is 0.348 e. The van der Waals surface area contributed by atoms with Crippen molar-refractivity contribution < 1.29 is 19.4 Å². The molecule has 0 saturated heterocycles. The average molecular weight is 252 g/mol. The second-order valence-electron chi connectivity index (χ2n) is 4.32. The topological polar surface area (TPSA) is 55.8 Å². The molecule has 1 fully saturated rings. The van der Waals surface area contributed by atoms with Gasteiger partial charge in [-0.2, -0.15) is 0 Å². The second-order valence-corrected chi connectivity index (χ2v) is 5.78. The van der Waals surface area contributed by atoms with Crippen LogP contribution < -0.4 is 4.74 Å². The van der Waals surface area contributed by atoms with Gasteiger partial charge in [-0.1, -0.05) is 0 Å². The van der Waals surface area contributed by atoms with Gasteiger partial charge in [-0.05, 0) is 31.0 Å². The summed E-state index contributed by atoms with van der Waals surface area (Å²) in [5.74, 6) is 0.529. The molecular weight excluding hydrogens is 240 g/mol. The molecule has 2 aliphatic rings. The van der Waals surface area contributed by atoms with Crippen LogP contribution in [0.3, 0.4) is 0 Å². The van der Waals surface area contributed by atoms with Crippen molar-refractivity contribution in [2.45, 2.75) is 28.6 Å². The standard InChI is InChI=1S/C12H12O4S/c1-15-11(14)10-12(4-5-12)17-9-6-7(13)2-3-8(9)16-10/h2-3,6,10,13H,4-5H2,1H3. The molecule has 0 amide bonds. The number of thioether (sulfide) groups is 1. The first-order valence-electron chi connectivity index (χ1n) is 5.41. The lowest BCUT2D eigenvalue weighted by molar-refractivity contribution is -0.149. The van der Waals surface area contributed by atoms with Crippen molar-refractivity contribution in [3.63, 3.8) is 0 Å². The summed E-state index contributed by atoms with van der Waals surface area (Å²) in [6.07, 6.45) is 1.34. The molecule has 1 aromatic carbocycles. The number of rotatable bonds is 1. The molecule has 0 radical (unpaired) electrons. The highest BCUT2D eigenvalue weighted by atomic mass is 32.2. The molecule has 1 aliphatic heterocycles. The van der Waals surface area contributed by atoms with Gasteiger partial charge in [0.05, 0.1) is 16.8 Å². The zero-order valence-corrected chi connectivity index (χ0v) is 10.1. The minimum Gasteiger partial charge on any atom is -0.508 e. The summed E-state index contributed by atoms with van der Waals surface area (Å²) in [6, 6.07) is 4.91. The fourth-order valence-electron chi connectivity index (χ4n) is 2.04. The van der Waals surface area contributed by atoms with E-state index in [-0.39, 0.29) is 16.5 Å². The predicted octanol–water partition coefficient (Wildman–Crippen LogP) is 1.95. The highest BCUT2D eigenvalue weighted by molar-refractivity contribution is 8.01. The Balaban J connectivity index is 1.97. The van der Waals surface area contributed by atoms with E-state index >= 15 is 0 Å². The molecule has 3 rings (SSSR count). The van der Waals surface area contributed by atoms with Crippen LogP contribution in [-0.4, -0.2) is 29.0 Å². The van der Waals surface area contributed by atoms with E-state index < -0.39 is 6.10 Å². The fourth-order valence-corrected chi connectivity index (χ4v) is 3.43. The number of phenolic OH excluding ortho intramolecular Hbond substituents is 1. The van der Waals surface area contributed by atoms with Crippen LogP contribution in [0.5, 0.6) is 11.5 Å². The largest absolute Gasteiger partial charge is 0.508 e. The molecule has 4 nitrogen and oxygen atoms in total. The van der Waals surface area contributed by atoms with Gasteiger partial charge in [0.15, 0.2) is 0 Å². The first kappa shape index (κ1) is 10.8. The summed E-state index contributed by atoms with van der Waals surface area (Å²) in [5.41, 5.74) is 0. The number of esters is 1.